The minimum atomic E-state index is 0.931. The van der Waals surface area contributed by atoms with Gasteiger partial charge in [-0.15, -0.1) is 0 Å². The number of rotatable bonds is 3. The van der Waals surface area contributed by atoms with Gasteiger partial charge >= 0.3 is 0 Å². The fraction of sp³-hybridized carbons (Fsp3) is 0.500. The summed E-state index contributed by atoms with van der Waals surface area (Å²) in [5, 5.41) is 1.18. The molecule has 1 fully saturated rings. The van der Waals surface area contributed by atoms with Crippen LogP contribution in [0.2, 0.25) is 0 Å². The molecule has 3 aromatic heterocycles. The van der Waals surface area contributed by atoms with Gasteiger partial charge < -0.3 is 14.8 Å². The Balaban J connectivity index is 1.67. The van der Waals surface area contributed by atoms with Crippen LogP contribution in [0.15, 0.2) is 37.2 Å². The summed E-state index contributed by atoms with van der Waals surface area (Å²) in [7, 11) is 0. The van der Waals surface area contributed by atoms with Crippen molar-refractivity contribution in [3.05, 3.63) is 37.2 Å². The van der Waals surface area contributed by atoms with Gasteiger partial charge in [0.05, 0.1) is 0 Å². The standard InChI is InChI=1S/C22H30N6/c1-2-27-10-5-3-4-6-12-28(13-7-11-27)20-8-9-25-22-21(20)19(16-26-22)18-14-23-17-24-15-18/h8-9,14-17H,2-7,10-13H2,1H3,(H,25,26). The van der Waals surface area contributed by atoms with E-state index in [9.17, 15) is 0 Å². The monoisotopic (exact) mass is 378 g/mol. The van der Waals surface area contributed by atoms with Crippen LogP contribution >= 0.6 is 0 Å². The molecule has 4 heterocycles. The molecule has 1 N–H and O–H groups in total. The third-order valence-corrected chi connectivity index (χ3v) is 5.77. The fourth-order valence-electron chi connectivity index (χ4n) is 4.23. The third-order valence-electron chi connectivity index (χ3n) is 5.77. The number of anilines is 1. The maximum absolute atomic E-state index is 4.57. The summed E-state index contributed by atoms with van der Waals surface area (Å²) in [5.74, 6) is 0. The van der Waals surface area contributed by atoms with E-state index < -0.39 is 0 Å². The second-order valence-electron chi connectivity index (χ2n) is 7.57. The maximum Gasteiger partial charge on any atom is 0.139 e. The van der Waals surface area contributed by atoms with Gasteiger partial charge in [-0.25, -0.2) is 15.0 Å². The van der Waals surface area contributed by atoms with Gasteiger partial charge in [-0.2, -0.15) is 0 Å². The second kappa shape index (κ2) is 9.15. The third kappa shape index (κ3) is 4.17. The Morgan fingerprint density at radius 1 is 0.964 bits per heavy atom. The Bertz CT molecular complexity index is 875. The van der Waals surface area contributed by atoms with Crippen molar-refractivity contribution in [2.45, 2.75) is 39.0 Å². The van der Waals surface area contributed by atoms with E-state index in [1.54, 1.807) is 6.33 Å². The average molecular weight is 379 g/mol. The molecule has 1 aliphatic heterocycles. The van der Waals surface area contributed by atoms with Crippen LogP contribution in [0.3, 0.4) is 0 Å². The number of aromatic amines is 1. The topological polar surface area (TPSA) is 60.9 Å². The molecule has 0 saturated carbocycles. The zero-order valence-electron chi connectivity index (χ0n) is 16.8. The molecule has 6 nitrogen and oxygen atoms in total. The Hall–Kier alpha value is -2.47. The summed E-state index contributed by atoms with van der Waals surface area (Å²) in [5.41, 5.74) is 4.36. The first kappa shape index (κ1) is 18.9. The van der Waals surface area contributed by atoms with E-state index in [0.29, 0.717) is 0 Å². The number of H-pyrrole nitrogens is 1. The van der Waals surface area contributed by atoms with Crippen LogP contribution in [0.25, 0.3) is 22.2 Å². The summed E-state index contributed by atoms with van der Waals surface area (Å²) < 4.78 is 0. The van der Waals surface area contributed by atoms with E-state index in [1.165, 1.54) is 56.3 Å². The highest BCUT2D eigenvalue weighted by atomic mass is 15.2. The minimum absolute atomic E-state index is 0.931. The van der Waals surface area contributed by atoms with Crippen LogP contribution in [0.4, 0.5) is 5.69 Å². The van der Waals surface area contributed by atoms with Crippen molar-refractivity contribution >= 4 is 16.7 Å². The lowest BCUT2D eigenvalue weighted by atomic mass is 10.1. The molecule has 0 aromatic carbocycles. The van der Waals surface area contributed by atoms with Gasteiger partial charge in [-0.1, -0.05) is 19.8 Å². The first-order valence-electron chi connectivity index (χ1n) is 10.6. The van der Waals surface area contributed by atoms with E-state index in [1.807, 2.05) is 24.8 Å². The first-order valence-corrected chi connectivity index (χ1v) is 10.6. The van der Waals surface area contributed by atoms with Crippen LogP contribution in [-0.4, -0.2) is 57.6 Å². The lowest BCUT2D eigenvalue weighted by Crippen LogP contribution is -2.30. The van der Waals surface area contributed by atoms with Crippen molar-refractivity contribution in [3.63, 3.8) is 0 Å². The zero-order chi connectivity index (χ0) is 19.2. The van der Waals surface area contributed by atoms with Crippen LogP contribution in [0.1, 0.15) is 39.0 Å². The van der Waals surface area contributed by atoms with Gasteiger partial charge in [0, 0.05) is 60.1 Å². The molecule has 28 heavy (non-hydrogen) atoms. The molecule has 0 atom stereocenters. The van der Waals surface area contributed by atoms with Crippen molar-refractivity contribution in [2.75, 3.05) is 37.6 Å². The quantitative estimate of drug-likeness (QED) is 0.743. The molecule has 0 bridgehead atoms. The Morgan fingerprint density at radius 2 is 1.71 bits per heavy atom. The highest BCUT2D eigenvalue weighted by molar-refractivity contribution is 6.02. The number of aromatic nitrogens is 4. The van der Waals surface area contributed by atoms with Gasteiger partial charge in [0.25, 0.3) is 0 Å². The van der Waals surface area contributed by atoms with E-state index >= 15 is 0 Å². The highest BCUT2D eigenvalue weighted by Gasteiger charge is 2.17. The summed E-state index contributed by atoms with van der Waals surface area (Å²) in [4.78, 5) is 21.5. The van der Waals surface area contributed by atoms with Crippen LogP contribution < -0.4 is 4.90 Å². The van der Waals surface area contributed by atoms with Crippen molar-refractivity contribution < 1.29 is 0 Å². The number of nitrogens with zero attached hydrogens (tertiary/aromatic N) is 5. The molecule has 3 aromatic rings. The SMILES string of the molecule is CCN1CCCCCCN(c2ccnc3[nH]cc(-c4cncnc4)c23)CCC1. The summed E-state index contributed by atoms with van der Waals surface area (Å²) in [6.45, 7) is 8.01. The highest BCUT2D eigenvalue weighted by Crippen LogP contribution is 2.34. The van der Waals surface area contributed by atoms with E-state index in [-0.39, 0.29) is 0 Å². The molecular weight excluding hydrogens is 348 g/mol. The van der Waals surface area contributed by atoms with Gasteiger partial charge in [0.1, 0.15) is 12.0 Å². The van der Waals surface area contributed by atoms with E-state index in [2.05, 4.69) is 42.7 Å². The second-order valence-corrected chi connectivity index (χ2v) is 7.57. The zero-order valence-corrected chi connectivity index (χ0v) is 16.8. The number of pyridine rings is 1. The Labute approximate surface area is 167 Å². The van der Waals surface area contributed by atoms with Crippen molar-refractivity contribution in [1.82, 2.24) is 24.8 Å². The van der Waals surface area contributed by atoms with Crippen LogP contribution in [-0.2, 0) is 0 Å². The van der Waals surface area contributed by atoms with E-state index in [0.717, 1.165) is 36.4 Å². The molecule has 4 rings (SSSR count). The van der Waals surface area contributed by atoms with Gasteiger partial charge in [0.15, 0.2) is 0 Å². The fourth-order valence-corrected chi connectivity index (χ4v) is 4.23. The Kier molecular flexibility index (Phi) is 6.17. The normalized spacial score (nSPS) is 17.5. The van der Waals surface area contributed by atoms with E-state index in [4.69, 9.17) is 0 Å². The average Bonchev–Trinajstić information content (AvgIpc) is 3.16. The maximum atomic E-state index is 4.57. The number of nitrogens with one attached hydrogen (secondary N) is 1. The minimum Gasteiger partial charge on any atom is -0.371 e. The predicted octanol–water partition coefficient (Wildman–Crippen LogP) is 4.11. The molecule has 148 valence electrons. The molecule has 0 spiro atoms. The van der Waals surface area contributed by atoms with Crippen LogP contribution in [0.5, 0.6) is 0 Å². The van der Waals surface area contributed by atoms with Crippen molar-refractivity contribution in [1.29, 1.82) is 0 Å². The number of fused-ring (bicyclic) bond motifs is 1. The predicted molar refractivity (Wildman–Crippen MR) is 115 cm³/mol. The van der Waals surface area contributed by atoms with Crippen molar-refractivity contribution in [2.24, 2.45) is 0 Å². The summed E-state index contributed by atoms with van der Waals surface area (Å²) in [6, 6.07) is 2.17. The molecule has 0 unspecified atom stereocenters. The van der Waals surface area contributed by atoms with Gasteiger partial charge in [-0.3, -0.25) is 0 Å². The smallest absolute Gasteiger partial charge is 0.139 e. The number of hydrogen-bond donors (Lipinski definition) is 1. The lowest BCUT2D eigenvalue weighted by molar-refractivity contribution is 0.280. The van der Waals surface area contributed by atoms with Crippen LogP contribution in [0, 0.1) is 0 Å². The molecule has 1 saturated heterocycles. The van der Waals surface area contributed by atoms with Gasteiger partial charge in [-0.05, 0) is 45.0 Å². The van der Waals surface area contributed by atoms with Crippen molar-refractivity contribution in [3.8, 4) is 11.1 Å². The summed E-state index contributed by atoms with van der Waals surface area (Å²) in [6.07, 6.45) is 15.6. The molecular formula is C22H30N6. The van der Waals surface area contributed by atoms with Gasteiger partial charge in [0.2, 0.25) is 0 Å². The first-order chi connectivity index (χ1) is 13.9. The molecule has 1 aliphatic rings. The lowest BCUT2D eigenvalue weighted by Gasteiger charge is -2.27. The Morgan fingerprint density at radius 3 is 2.54 bits per heavy atom. The summed E-state index contributed by atoms with van der Waals surface area (Å²) >= 11 is 0. The number of hydrogen-bond acceptors (Lipinski definition) is 5. The molecule has 0 radical (unpaired) electrons. The molecule has 0 amide bonds. The molecule has 0 aliphatic carbocycles. The largest absolute Gasteiger partial charge is 0.371 e. The molecule has 6 heteroatoms.